The average molecular weight is 265 g/mol. The largest absolute Gasteiger partial charge is 0.493 e. The van der Waals surface area contributed by atoms with Gasteiger partial charge in [0.25, 0.3) is 0 Å². The summed E-state index contributed by atoms with van der Waals surface area (Å²) in [4.78, 5) is 0. The van der Waals surface area contributed by atoms with E-state index in [1.807, 2.05) is 24.3 Å². The fourth-order valence-corrected chi connectivity index (χ4v) is 1.87. The Balaban J connectivity index is 1.81. The fourth-order valence-electron chi connectivity index (χ4n) is 1.78. The van der Waals surface area contributed by atoms with E-state index in [-0.39, 0.29) is 0 Å². The Morgan fingerprint density at radius 3 is 2.83 bits per heavy atom. The zero-order chi connectivity index (χ0) is 12.6. The third-order valence-electron chi connectivity index (χ3n) is 2.82. The molecule has 1 aromatic carbocycles. The number of hydrogen-bond donors (Lipinski definition) is 0. The van der Waals surface area contributed by atoms with Gasteiger partial charge in [0.2, 0.25) is 0 Å². The zero-order valence-corrected chi connectivity index (χ0v) is 11.1. The molecule has 1 aliphatic rings. The monoisotopic (exact) mass is 264 g/mol. The molecule has 1 aliphatic heterocycles. The summed E-state index contributed by atoms with van der Waals surface area (Å²) in [5, 5.41) is 0. The Hall–Kier alpha value is -1.17. The topological polar surface area (TPSA) is 18.5 Å². The molecule has 0 radical (unpaired) electrons. The minimum Gasteiger partial charge on any atom is -0.493 e. The van der Waals surface area contributed by atoms with Gasteiger partial charge in [-0.05, 0) is 30.7 Å². The van der Waals surface area contributed by atoms with E-state index < -0.39 is 0 Å². The fraction of sp³-hybridized carbons (Fsp3) is 0.467. The smallest absolute Gasteiger partial charge is 0.119 e. The summed E-state index contributed by atoms with van der Waals surface area (Å²) in [5.41, 5.74) is 0.997. The van der Waals surface area contributed by atoms with Crippen molar-refractivity contribution in [3.63, 3.8) is 0 Å². The van der Waals surface area contributed by atoms with E-state index in [1.165, 1.54) is 0 Å². The van der Waals surface area contributed by atoms with Crippen LogP contribution in [0.5, 0.6) is 5.75 Å². The molecule has 0 amide bonds. The Labute approximate surface area is 113 Å². The van der Waals surface area contributed by atoms with Gasteiger partial charge in [-0.1, -0.05) is 11.8 Å². The highest BCUT2D eigenvalue weighted by Gasteiger charge is 2.15. The summed E-state index contributed by atoms with van der Waals surface area (Å²) in [5.74, 6) is 8.08. The van der Waals surface area contributed by atoms with Crippen LogP contribution in [-0.2, 0) is 4.74 Å². The molecule has 1 fully saturated rings. The highest BCUT2D eigenvalue weighted by atomic mass is 35.5. The first kappa shape index (κ1) is 13.3. The van der Waals surface area contributed by atoms with Crippen molar-refractivity contribution in [2.75, 3.05) is 25.7 Å². The molecule has 0 spiro atoms. The molecule has 2 rings (SSSR count). The lowest BCUT2D eigenvalue weighted by Crippen LogP contribution is -2.11. The van der Waals surface area contributed by atoms with Gasteiger partial charge in [0.05, 0.1) is 13.2 Å². The van der Waals surface area contributed by atoms with Gasteiger partial charge in [-0.2, -0.15) is 0 Å². The standard InChI is InChI=1S/C15H17ClO2/c16-9-2-1-3-13-4-6-15(7-5-13)18-12-14-8-10-17-11-14/h4-7,14H,2,8-12H2. The second kappa shape index (κ2) is 7.31. The Morgan fingerprint density at radius 1 is 1.33 bits per heavy atom. The molecule has 0 bridgehead atoms. The van der Waals surface area contributed by atoms with Crippen LogP contribution >= 0.6 is 11.6 Å². The number of alkyl halides is 1. The summed E-state index contributed by atoms with van der Waals surface area (Å²) in [7, 11) is 0. The van der Waals surface area contributed by atoms with Crippen LogP contribution in [0.4, 0.5) is 0 Å². The quantitative estimate of drug-likeness (QED) is 0.615. The average Bonchev–Trinajstić information content (AvgIpc) is 2.91. The van der Waals surface area contributed by atoms with Gasteiger partial charge in [-0.25, -0.2) is 0 Å². The molecule has 1 saturated heterocycles. The highest BCUT2D eigenvalue weighted by Crippen LogP contribution is 2.16. The lowest BCUT2D eigenvalue weighted by Gasteiger charge is -2.09. The van der Waals surface area contributed by atoms with Crippen LogP contribution in [0, 0.1) is 17.8 Å². The van der Waals surface area contributed by atoms with E-state index in [1.54, 1.807) is 0 Å². The number of rotatable bonds is 4. The molecule has 0 aromatic heterocycles. The van der Waals surface area contributed by atoms with Crippen LogP contribution < -0.4 is 4.74 Å². The van der Waals surface area contributed by atoms with Crippen LogP contribution in [0.15, 0.2) is 24.3 Å². The minimum absolute atomic E-state index is 0.535. The van der Waals surface area contributed by atoms with Crippen molar-refractivity contribution < 1.29 is 9.47 Å². The first-order valence-corrected chi connectivity index (χ1v) is 6.77. The predicted molar refractivity (Wildman–Crippen MR) is 73.1 cm³/mol. The molecule has 3 heteroatoms. The van der Waals surface area contributed by atoms with E-state index in [0.717, 1.165) is 44.0 Å². The van der Waals surface area contributed by atoms with E-state index >= 15 is 0 Å². The lowest BCUT2D eigenvalue weighted by molar-refractivity contribution is 0.167. The maximum Gasteiger partial charge on any atom is 0.119 e. The van der Waals surface area contributed by atoms with Crippen molar-refractivity contribution in [2.24, 2.45) is 5.92 Å². The maximum absolute atomic E-state index is 5.72. The first-order chi connectivity index (χ1) is 8.88. The molecule has 0 N–H and O–H groups in total. The van der Waals surface area contributed by atoms with Crippen LogP contribution in [0.2, 0.25) is 0 Å². The van der Waals surface area contributed by atoms with Crippen LogP contribution in [0.1, 0.15) is 18.4 Å². The SMILES string of the molecule is ClCCC#Cc1ccc(OCC2CCOC2)cc1. The van der Waals surface area contributed by atoms with E-state index in [0.29, 0.717) is 11.8 Å². The van der Waals surface area contributed by atoms with Crippen molar-refractivity contribution in [2.45, 2.75) is 12.8 Å². The van der Waals surface area contributed by atoms with Gasteiger partial charge < -0.3 is 9.47 Å². The Bertz CT molecular complexity index is 410. The van der Waals surface area contributed by atoms with Gasteiger partial charge in [0, 0.05) is 30.4 Å². The van der Waals surface area contributed by atoms with Crippen molar-refractivity contribution >= 4 is 11.6 Å². The summed E-state index contributed by atoms with van der Waals surface area (Å²) < 4.78 is 11.0. The predicted octanol–water partition coefficient (Wildman–Crippen LogP) is 3.08. The number of halogens is 1. The number of benzene rings is 1. The van der Waals surface area contributed by atoms with Gasteiger partial charge in [-0.3, -0.25) is 0 Å². The van der Waals surface area contributed by atoms with Gasteiger partial charge in [0.1, 0.15) is 5.75 Å². The number of hydrogen-bond acceptors (Lipinski definition) is 2. The molecule has 1 heterocycles. The maximum atomic E-state index is 5.72. The van der Waals surface area contributed by atoms with E-state index in [4.69, 9.17) is 21.1 Å². The molecule has 96 valence electrons. The molecule has 0 saturated carbocycles. The second-order valence-corrected chi connectivity index (χ2v) is 4.68. The Kier molecular flexibility index (Phi) is 5.38. The normalized spacial score (nSPS) is 18.2. The van der Waals surface area contributed by atoms with Crippen LogP contribution in [0.25, 0.3) is 0 Å². The summed E-state index contributed by atoms with van der Waals surface area (Å²) in [6.07, 6.45) is 1.82. The van der Waals surface area contributed by atoms with Crippen LogP contribution in [-0.4, -0.2) is 25.7 Å². The summed E-state index contributed by atoms with van der Waals surface area (Å²) >= 11 is 5.56. The summed E-state index contributed by atoms with van der Waals surface area (Å²) in [6, 6.07) is 7.87. The molecule has 1 aromatic rings. The minimum atomic E-state index is 0.535. The second-order valence-electron chi connectivity index (χ2n) is 4.31. The van der Waals surface area contributed by atoms with Crippen LogP contribution in [0.3, 0.4) is 0 Å². The van der Waals surface area contributed by atoms with Crippen molar-refractivity contribution in [3.05, 3.63) is 29.8 Å². The lowest BCUT2D eigenvalue weighted by atomic mass is 10.1. The molecule has 2 nitrogen and oxygen atoms in total. The molecule has 0 aliphatic carbocycles. The summed E-state index contributed by atoms with van der Waals surface area (Å²) in [6.45, 7) is 2.42. The molecule has 18 heavy (non-hydrogen) atoms. The molecule has 1 atom stereocenters. The van der Waals surface area contributed by atoms with Gasteiger partial charge >= 0.3 is 0 Å². The van der Waals surface area contributed by atoms with Gasteiger partial charge in [-0.15, -0.1) is 11.6 Å². The zero-order valence-electron chi connectivity index (χ0n) is 10.3. The highest BCUT2D eigenvalue weighted by molar-refractivity contribution is 6.18. The first-order valence-electron chi connectivity index (χ1n) is 6.24. The van der Waals surface area contributed by atoms with Crippen molar-refractivity contribution in [1.82, 2.24) is 0 Å². The molecular weight excluding hydrogens is 248 g/mol. The number of ether oxygens (including phenoxy) is 2. The third-order valence-corrected chi connectivity index (χ3v) is 3.01. The van der Waals surface area contributed by atoms with Crippen molar-refractivity contribution in [1.29, 1.82) is 0 Å². The van der Waals surface area contributed by atoms with E-state index in [2.05, 4.69) is 11.8 Å². The van der Waals surface area contributed by atoms with E-state index in [9.17, 15) is 0 Å². The Morgan fingerprint density at radius 2 is 2.17 bits per heavy atom. The molecular formula is C15H17ClO2. The third kappa shape index (κ3) is 4.25. The van der Waals surface area contributed by atoms with Gasteiger partial charge in [0.15, 0.2) is 0 Å². The molecule has 1 unspecified atom stereocenters. The van der Waals surface area contributed by atoms with Crippen molar-refractivity contribution in [3.8, 4) is 17.6 Å².